The van der Waals surface area contributed by atoms with E-state index in [0.717, 1.165) is 41.8 Å². The van der Waals surface area contributed by atoms with Crippen LogP contribution in [0.1, 0.15) is 23.2 Å². The lowest BCUT2D eigenvalue weighted by atomic mass is 10.1. The number of anilines is 1. The Morgan fingerprint density at radius 3 is 2.88 bits per heavy atom. The van der Waals surface area contributed by atoms with Crippen molar-refractivity contribution in [3.8, 4) is 5.75 Å². The van der Waals surface area contributed by atoms with Crippen LogP contribution in [0.25, 0.3) is 10.9 Å². The highest BCUT2D eigenvalue weighted by Crippen LogP contribution is 2.19. The first-order valence-electron chi connectivity index (χ1n) is 8.78. The number of fused-ring (bicyclic) bond motifs is 1. The fourth-order valence-corrected chi connectivity index (χ4v) is 3.02. The minimum absolute atomic E-state index is 0.154. The van der Waals surface area contributed by atoms with Crippen LogP contribution in [0.3, 0.4) is 0 Å². The SMILES string of the molecule is O=C(Nc1ccc2ncccc2c1)c1ccc(OCC2CCCO2)cc1. The first-order valence-corrected chi connectivity index (χ1v) is 8.78. The Kier molecular flexibility index (Phi) is 4.80. The molecule has 5 heteroatoms. The quantitative estimate of drug-likeness (QED) is 0.756. The van der Waals surface area contributed by atoms with E-state index >= 15 is 0 Å². The number of nitrogens with zero attached hydrogens (tertiary/aromatic N) is 1. The number of rotatable bonds is 5. The molecule has 1 atom stereocenters. The average Bonchev–Trinajstić information content (AvgIpc) is 3.20. The zero-order valence-corrected chi connectivity index (χ0v) is 14.4. The second kappa shape index (κ2) is 7.54. The van der Waals surface area contributed by atoms with Crippen molar-refractivity contribution in [1.82, 2.24) is 4.98 Å². The standard InChI is InChI=1S/C21H20N2O3/c24-21(23-17-7-10-20-16(13-17)3-1-11-22-20)15-5-8-18(9-6-15)26-14-19-4-2-12-25-19/h1,3,5-11,13,19H,2,4,12,14H2,(H,23,24). The van der Waals surface area contributed by atoms with Crippen LogP contribution in [0.2, 0.25) is 0 Å². The second-order valence-corrected chi connectivity index (χ2v) is 6.34. The zero-order chi connectivity index (χ0) is 17.8. The topological polar surface area (TPSA) is 60.5 Å². The third-order valence-corrected chi connectivity index (χ3v) is 4.44. The molecule has 1 fully saturated rings. The molecule has 4 rings (SSSR count). The van der Waals surface area contributed by atoms with E-state index in [2.05, 4.69) is 10.3 Å². The molecule has 0 radical (unpaired) electrons. The van der Waals surface area contributed by atoms with Gasteiger partial charge in [-0.3, -0.25) is 9.78 Å². The zero-order valence-electron chi connectivity index (χ0n) is 14.4. The molecule has 26 heavy (non-hydrogen) atoms. The molecule has 1 unspecified atom stereocenters. The lowest BCUT2D eigenvalue weighted by Crippen LogP contribution is -2.16. The Balaban J connectivity index is 1.38. The van der Waals surface area contributed by atoms with Gasteiger partial charge in [0, 0.05) is 29.4 Å². The Bertz CT molecular complexity index is 903. The Morgan fingerprint density at radius 2 is 2.08 bits per heavy atom. The molecule has 5 nitrogen and oxygen atoms in total. The average molecular weight is 348 g/mol. The molecule has 1 amide bonds. The largest absolute Gasteiger partial charge is 0.491 e. The van der Waals surface area contributed by atoms with E-state index in [9.17, 15) is 4.79 Å². The van der Waals surface area contributed by atoms with Gasteiger partial charge in [-0.15, -0.1) is 0 Å². The number of carbonyl (C=O) groups is 1. The van der Waals surface area contributed by atoms with Gasteiger partial charge in [0.15, 0.2) is 0 Å². The first kappa shape index (κ1) is 16.5. The third-order valence-electron chi connectivity index (χ3n) is 4.44. The van der Waals surface area contributed by atoms with Gasteiger partial charge in [-0.05, 0) is 61.4 Å². The minimum Gasteiger partial charge on any atom is -0.491 e. The molecule has 0 bridgehead atoms. The summed E-state index contributed by atoms with van der Waals surface area (Å²) in [6.07, 6.45) is 4.07. The number of carbonyl (C=O) groups excluding carboxylic acids is 1. The summed E-state index contributed by atoms with van der Waals surface area (Å²) in [5.41, 5.74) is 2.23. The third kappa shape index (κ3) is 3.83. The van der Waals surface area contributed by atoms with Crippen LogP contribution in [0.5, 0.6) is 5.75 Å². The molecule has 1 N–H and O–H groups in total. The number of amides is 1. The fraction of sp³-hybridized carbons (Fsp3) is 0.238. The number of pyridine rings is 1. The summed E-state index contributed by atoms with van der Waals surface area (Å²) in [6.45, 7) is 1.37. The molecule has 1 aromatic heterocycles. The number of hydrogen-bond acceptors (Lipinski definition) is 4. The van der Waals surface area contributed by atoms with Gasteiger partial charge in [-0.2, -0.15) is 0 Å². The summed E-state index contributed by atoms with van der Waals surface area (Å²) in [7, 11) is 0. The van der Waals surface area contributed by atoms with Gasteiger partial charge in [0.05, 0.1) is 11.6 Å². The van der Waals surface area contributed by atoms with E-state index in [1.807, 2.05) is 42.5 Å². The molecule has 2 aromatic carbocycles. The summed E-state index contributed by atoms with van der Waals surface area (Å²) < 4.78 is 11.3. The Morgan fingerprint density at radius 1 is 1.19 bits per heavy atom. The Labute approximate surface area is 152 Å². The molecule has 2 heterocycles. The number of hydrogen-bond donors (Lipinski definition) is 1. The highest BCUT2D eigenvalue weighted by Gasteiger charge is 2.16. The number of nitrogens with one attached hydrogen (secondary N) is 1. The molecule has 3 aromatic rings. The molecule has 0 spiro atoms. The van der Waals surface area contributed by atoms with Crippen LogP contribution in [-0.2, 0) is 4.74 Å². The lowest BCUT2D eigenvalue weighted by Gasteiger charge is -2.12. The summed E-state index contributed by atoms with van der Waals surface area (Å²) >= 11 is 0. The first-order chi connectivity index (χ1) is 12.8. The van der Waals surface area contributed by atoms with Crippen LogP contribution in [0.4, 0.5) is 5.69 Å². The van der Waals surface area contributed by atoms with Gasteiger partial charge in [-0.1, -0.05) is 6.07 Å². The van der Waals surface area contributed by atoms with Crippen LogP contribution in [-0.4, -0.2) is 30.2 Å². The molecular weight excluding hydrogens is 328 g/mol. The van der Waals surface area contributed by atoms with Crippen LogP contribution in [0, 0.1) is 0 Å². The van der Waals surface area contributed by atoms with Gasteiger partial charge in [0.25, 0.3) is 5.91 Å². The van der Waals surface area contributed by atoms with E-state index in [-0.39, 0.29) is 12.0 Å². The Hall–Kier alpha value is -2.92. The summed E-state index contributed by atoms with van der Waals surface area (Å²) in [5, 5.41) is 3.91. The highest BCUT2D eigenvalue weighted by molar-refractivity contribution is 6.05. The summed E-state index contributed by atoms with van der Waals surface area (Å²) in [5.74, 6) is 0.591. The van der Waals surface area contributed by atoms with E-state index < -0.39 is 0 Å². The van der Waals surface area contributed by atoms with E-state index in [1.54, 1.807) is 18.3 Å². The van der Waals surface area contributed by atoms with E-state index in [4.69, 9.17) is 9.47 Å². The monoisotopic (exact) mass is 348 g/mol. The van der Waals surface area contributed by atoms with Gasteiger partial charge in [-0.25, -0.2) is 0 Å². The van der Waals surface area contributed by atoms with Crippen molar-refractivity contribution in [1.29, 1.82) is 0 Å². The van der Waals surface area contributed by atoms with Gasteiger partial charge >= 0.3 is 0 Å². The van der Waals surface area contributed by atoms with E-state index in [0.29, 0.717) is 12.2 Å². The van der Waals surface area contributed by atoms with Crippen molar-refractivity contribution in [3.05, 3.63) is 66.4 Å². The predicted octanol–water partition coefficient (Wildman–Crippen LogP) is 4.04. The molecule has 0 aliphatic carbocycles. The number of benzene rings is 2. The smallest absolute Gasteiger partial charge is 0.255 e. The molecule has 0 saturated carbocycles. The molecule has 132 valence electrons. The number of ether oxygens (including phenoxy) is 2. The van der Waals surface area contributed by atoms with Crippen molar-refractivity contribution in [3.63, 3.8) is 0 Å². The van der Waals surface area contributed by atoms with Crippen molar-refractivity contribution >= 4 is 22.5 Å². The lowest BCUT2D eigenvalue weighted by molar-refractivity contribution is 0.0679. The summed E-state index contributed by atoms with van der Waals surface area (Å²) in [6, 6.07) is 16.7. The van der Waals surface area contributed by atoms with Crippen molar-refractivity contribution in [2.24, 2.45) is 0 Å². The van der Waals surface area contributed by atoms with Crippen LogP contribution in [0.15, 0.2) is 60.8 Å². The van der Waals surface area contributed by atoms with Crippen molar-refractivity contribution < 1.29 is 14.3 Å². The number of aromatic nitrogens is 1. The maximum Gasteiger partial charge on any atom is 0.255 e. The van der Waals surface area contributed by atoms with Crippen molar-refractivity contribution in [2.45, 2.75) is 18.9 Å². The fourth-order valence-electron chi connectivity index (χ4n) is 3.02. The molecule has 1 aliphatic rings. The maximum atomic E-state index is 12.4. The van der Waals surface area contributed by atoms with Crippen molar-refractivity contribution in [2.75, 3.05) is 18.5 Å². The van der Waals surface area contributed by atoms with E-state index in [1.165, 1.54) is 0 Å². The van der Waals surface area contributed by atoms with Crippen LogP contribution < -0.4 is 10.1 Å². The molecule has 1 saturated heterocycles. The van der Waals surface area contributed by atoms with Gasteiger partial charge < -0.3 is 14.8 Å². The van der Waals surface area contributed by atoms with Gasteiger partial charge in [0.2, 0.25) is 0 Å². The minimum atomic E-state index is -0.154. The van der Waals surface area contributed by atoms with Crippen LogP contribution >= 0.6 is 0 Å². The molecule has 1 aliphatic heterocycles. The normalized spacial score (nSPS) is 16.5. The predicted molar refractivity (Wildman–Crippen MR) is 101 cm³/mol. The summed E-state index contributed by atoms with van der Waals surface area (Å²) in [4.78, 5) is 16.7. The maximum absolute atomic E-state index is 12.4. The van der Waals surface area contributed by atoms with Gasteiger partial charge in [0.1, 0.15) is 12.4 Å². The molecular formula is C21H20N2O3. The highest BCUT2D eigenvalue weighted by atomic mass is 16.5. The second-order valence-electron chi connectivity index (χ2n) is 6.34.